The molecule has 3 atom stereocenters. The molecule has 3 nitrogen and oxygen atoms in total. The highest BCUT2D eigenvalue weighted by molar-refractivity contribution is 5.74. The van der Waals surface area contributed by atoms with Gasteiger partial charge in [0.25, 0.3) is 0 Å². The summed E-state index contributed by atoms with van der Waals surface area (Å²) in [5, 5.41) is 9.92. The lowest BCUT2D eigenvalue weighted by Crippen LogP contribution is -2.35. The normalized spacial score (nSPS) is 38.5. The number of ether oxygens (including phenoxy) is 1. The molecule has 0 aromatic heterocycles. The van der Waals surface area contributed by atoms with Crippen molar-refractivity contribution in [2.45, 2.75) is 95.7 Å². The van der Waals surface area contributed by atoms with Gasteiger partial charge in [0.1, 0.15) is 0 Å². The van der Waals surface area contributed by atoms with Crippen molar-refractivity contribution in [1.29, 1.82) is 0 Å². The Labute approximate surface area is 128 Å². The van der Waals surface area contributed by atoms with Crippen LogP contribution in [0.2, 0.25) is 0 Å². The van der Waals surface area contributed by atoms with Crippen LogP contribution in [-0.4, -0.2) is 23.3 Å². The minimum absolute atomic E-state index is 0.376. The fraction of sp³-hybridized carbons (Fsp3) is 0.944. The molecule has 0 radical (unpaired) electrons. The maximum atomic E-state index is 12.0. The molecule has 120 valence electrons. The molecule has 1 N–H and O–H groups in total. The third kappa shape index (κ3) is 3.80. The van der Waals surface area contributed by atoms with Gasteiger partial charge in [0.15, 0.2) is 0 Å². The van der Waals surface area contributed by atoms with Gasteiger partial charge in [-0.15, -0.1) is 0 Å². The van der Waals surface area contributed by atoms with Crippen LogP contribution in [0.5, 0.6) is 0 Å². The van der Waals surface area contributed by atoms with E-state index in [1.165, 1.54) is 44.9 Å². The molecule has 3 heteroatoms. The average Bonchev–Trinajstić information content (AvgIpc) is 3.13. The van der Waals surface area contributed by atoms with Crippen LogP contribution < -0.4 is 0 Å². The van der Waals surface area contributed by atoms with Crippen molar-refractivity contribution in [2.75, 3.05) is 0 Å². The zero-order valence-corrected chi connectivity index (χ0v) is 13.2. The monoisotopic (exact) mass is 294 g/mol. The Balaban J connectivity index is 1.65. The van der Waals surface area contributed by atoms with Gasteiger partial charge < -0.3 is 9.84 Å². The number of carboxylic acid groups (broad SMARTS) is 1. The molecule has 0 amide bonds. The van der Waals surface area contributed by atoms with Crippen molar-refractivity contribution in [2.24, 2.45) is 11.3 Å². The lowest BCUT2D eigenvalue weighted by Gasteiger charge is -2.34. The van der Waals surface area contributed by atoms with Crippen LogP contribution >= 0.6 is 0 Å². The molecule has 2 saturated carbocycles. The highest BCUT2D eigenvalue weighted by atomic mass is 16.6. The Morgan fingerprint density at radius 3 is 2.29 bits per heavy atom. The first-order valence-electron chi connectivity index (χ1n) is 9.08. The fourth-order valence-corrected chi connectivity index (χ4v) is 4.67. The third-order valence-electron chi connectivity index (χ3n) is 6.10. The second kappa shape index (κ2) is 6.68. The van der Waals surface area contributed by atoms with Crippen molar-refractivity contribution in [3.8, 4) is 0 Å². The quantitative estimate of drug-likeness (QED) is 0.777. The second-order valence-electron chi connectivity index (χ2n) is 7.64. The van der Waals surface area contributed by atoms with E-state index in [0.29, 0.717) is 18.1 Å². The van der Waals surface area contributed by atoms with Gasteiger partial charge in [0.05, 0.1) is 17.6 Å². The largest absolute Gasteiger partial charge is 0.481 e. The topological polar surface area (TPSA) is 49.8 Å². The summed E-state index contributed by atoms with van der Waals surface area (Å²) < 4.78 is 5.64. The number of hydrogen-bond acceptors (Lipinski definition) is 2. The SMILES string of the molecule is O=C(O)C1(CC2CCCCCCC2)CCCC2OC2CC1. The molecule has 3 aliphatic rings. The van der Waals surface area contributed by atoms with Gasteiger partial charge in [-0.05, 0) is 44.4 Å². The average molecular weight is 294 g/mol. The molecule has 1 aliphatic heterocycles. The first kappa shape index (κ1) is 15.3. The predicted octanol–water partition coefficient (Wildman–Crippen LogP) is 4.54. The smallest absolute Gasteiger partial charge is 0.309 e. The van der Waals surface area contributed by atoms with Crippen LogP contribution in [0.15, 0.2) is 0 Å². The zero-order chi connectivity index (χ0) is 14.7. The van der Waals surface area contributed by atoms with E-state index >= 15 is 0 Å². The highest BCUT2D eigenvalue weighted by Crippen LogP contribution is 2.46. The van der Waals surface area contributed by atoms with E-state index in [2.05, 4.69) is 0 Å². The van der Waals surface area contributed by atoms with Gasteiger partial charge in [-0.3, -0.25) is 4.79 Å². The first-order chi connectivity index (χ1) is 10.2. The maximum absolute atomic E-state index is 12.0. The van der Waals surface area contributed by atoms with E-state index in [4.69, 9.17) is 4.74 Å². The van der Waals surface area contributed by atoms with E-state index in [9.17, 15) is 9.90 Å². The molecule has 1 heterocycles. The molecule has 1 saturated heterocycles. The molecule has 0 bridgehead atoms. The molecule has 3 unspecified atom stereocenters. The van der Waals surface area contributed by atoms with Crippen molar-refractivity contribution in [1.82, 2.24) is 0 Å². The van der Waals surface area contributed by atoms with Crippen LogP contribution in [0.4, 0.5) is 0 Å². The summed E-state index contributed by atoms with van der Waals surface area (Å²) in [7, 11) is 0. The van der Waals surface area contributed by atoms with Crippen LogP contribution in [0, 0.1) is 11.3 Å². The lowest BCUT2D eigenvalue weighted by molar-refractivity contribution is -0.151. The Morgan fingerprint density at radius 2 is 1.57 bits per heavy atom. The zero-order valence-electron chi connectivity index (χ0n) is 13.2. The summed E-state index contributed by atoms with van der Waals surface area (Å²) in [6.07, 6.45) is 15.7. The van der Waals surface area contributed by atoms with E-state index in [0.717, 1.165) is 38.5 Å². The number of epoxide rings is 1. The second-order valence-corrected chi connectivity index (χ2v) is 7.64. The number of carbonyl (C=O) groups is 1. The van der Waals surface area contributed by atoms with Crippen LogP contribution in [0.1, 0.15) is 83.5 Å². The number of carboxylic acids is 1. The summed E-state index contributed by atoms with van der Waals surface area (Å²) in [6, 6.07) is 0. The standard InChI is InChI=1S/C18H30O3/c19-17(20)18(11-6-9-15-16(21-15)10-12-18)13-14-7-4-2-1-3-5-8-14/h14-16H,1-13H2,(H,19,20). The number of aliphatic carboxylic acids is 1. The van der Waals surface area contributed by atoms with Crippen LogP contribution in [0.3, 0.4) is 0 Å². The van der Waals surface area contributed by atoms with Gasteiger partial charge in [0, 0.05) is 0 Å². The minimum atomic E-state index is -0.538. The Bertz CT molecular complexity index is 359. The summed E-state index contributed by atoms with van der Waals surface area (Å²) in [6.45, 7) is 0. The fourth-order valence-electron chi connectivity index (χ4n) is 4.67. The molecular weight excluding hydrogens is 264 g/mol. The lowest BCUT2D eigenvalue weighted by atomic mass is 9.69. The molecule has 21 heavy (non-hydrogen) atoms. The molecule has 0 aromatic rings. The molecule has 0 aromatic carbocycles. The van der Waals surface area contributed by atoms with Crippen LogP contribution in [0.25, 0.3) is 0 Å². The molecular formula is C18H30O3. The van der Waals surface area contributed by atoms with E-state index in [1.54, 1.807) is 0 Å². The van der Waals surface area contributed by atoms with Crippen molar-refractivity contribution >= 4 is 5.97 Å². The summed E-state index contributed by atoms with van der Waals surface area (Å²) in [4.78, 5) is 12.0. The molecule has 3 fully saturated rings. The highest BCUT2D eigenvalue weighted by Gasteiger charge is 2.47. The minimum Gasteiger partial charge on any atom is -0.481 e. The van der Waals surface area contributed by atoms with Gasteiger partial charge >= 0.3 is 5.97 Å². The summed E-state index contributed by atoms with van der Waals surface area (Å²) in [5.41, 5.74) is -0.458. The molecule has 3 rings (SSSR count). The summed E-state index contributed by atoms with van der Waals surface area (Å²) in [5.74, 6) is 0.0976. The van der Waals surface area contributed by atoms with Crippen LogP contribution in [-0.2, 0) is 9.53 Å². The Morgan fingerprint density at radius 1 is 0.905 bits per heavy atom. The molecule has 2 aliphatic carbocycles. The maximum Gasteiger partial charge on any atom is 0.309 e. The Kier molecular flexibility index (Phi) is 4.88. The van der Waals surface area contributed by atoms with Gasteiger partial charge in [0.2, 0.25) is 0 Å². The van der Waals surface area contributed by atoms with Crippen molar-refractivity contribution < 1.29 is 14.6 Å². The summed E-state index contributed by atoms with van der Waals surface area (Å²) >= 11 is 0. The Hall–Kier alpha value is -0.570. The van der Waals surface area contributed by atoms with Crippen molar-refractivity contribution in [3.63, 3.8) is 0 Å². The van der Waals surface area contributed by atoms with E-state index < -0.39 is 11.4 Å². The van der Waals surface area contributed by atoms with Gasteiger partial charge in [-0.2, -0.15) is 0 Å². The van der Waals surface area contributed by atoms with E-state index in [-0.39, 0.29) is 0 Å². The first-order valence-corrected chi connectivity index (χ1v) is 9.08. The van der Waals surface area contributed by atoms with E-state index in [1.807, 2.05) is 0 Å². The number of hydrogen-bond donors (Lipinski definition) is 1. The number of rotatable bonds is 3. The third-order valence-corrected chi connectivity index (χ3v) is 6.10. The van der Waals surface area contributed by atoms with Crippen molar-refractivity contribution in [3.05, 3.63) is 0 Å². The van der Waals surface area contributed by atoms with Gasteiger partial charge in [-0.1, -0.05) is 44.9 Å². The predicted molar refractivity (Wildman–Crippen MR) is 82.2 cm³/mol. The number of fused-ring (bicyclic) bond motifs is 1. The molecule has 0 spiro atoms. The van der Waals surface area contributed by atoms with Gasteiger partial charge in [-0.25, -0.2) is 0 Å².